The van der Waals surface area contributed by atoms with Crippen LogP contribution in [-0.2, 0) is 9.59 Å². The number of hydrogen-bond acceptors (Lipinski definition) is 4. The van der Waals surface area contributed by atoms with E-state index in [2.05, 4.69) is 4.98 Å². The molecular weight excluding hydrogens is 388 g/mol. The van der Waals surface area contributed by atoms with Crippen LogP contribution in [-0.4, -0.2) is 21.8 Å². The Morgan fingerprint density at radius 3 is 2.16 bits per heavy atom. The molecule has 5 nitrogen and oxygen atoms in total. The molecular formula is C26H24N2O3. The maximum atomic E-state index is 13.2. The van der Waals surface area contributed by atoms with Crippen molar-refractivity contribution in [3.05, 3.63) is 95.9 Å². The van der Waals surface area contributed by atoms with Crippen molar-refractivity contribution < 1.29 is 14.7 Å². The van der Waals surface area contributed by atoms with Crippen molar-refractivity contribution in [3.8, 4) is 11.3 Å². The minimum absolute atomic E-state index is 0.137. The molecule has 0 bridgehead atoms. The van der Waals surface area contributed by atoms with E-state index in [1.807, 2.05) is 72.8 Å². The number of amides is 1. The predicted molar refractivity (Wildman–Crippen MR) is 120 cm³/mol. The number of pyridine rings is 1. The lowest BCUT2D eigenvalue weighted by Gasteiger charge is -2.29. The first-order valence-corrected chi connectivity index (χ1v) is 10.2. The van der Waals surface area contributed by atoms with Crippen LogP contribution in [0.25, 0.3) is 11.3 Å². The van der Waals surface area contributed by atoms with Gasteiger partial charge in [0.05, 0.1) is 17.3 Å². The van der Waals surface area contributed by atoms with E-state index in [4.69, 9.17) is 0 Å². The Morgan fingerprint density at radius 1 is 0.935 bits per heavy atom. The topological polar surface area (TPSA) is 70.5 Å². The highest BCUT2D eigenvalue weighted by Gasteiger charge is 2.46. The summed E-state index contributed by atoms with van der Waals surface area (Å²) in [5, 5.41) is 10.7. The average Bonchev–Trinajstić information content (AvgIpc) is 3.04. The van der Waals surface area contributed by atoms with Crippen molar-refractivity contribution in [3.63, 3.8) is 0 Å². The standard InChI is InChI=1S/C26H24N2O3/c1-26(2,3)24(30)21-22(18-9-5-4-6-10-18)28(25(31)23(21)29)19-14-12-17(13-15-19)20-11-7-8-16-27-20/h4-16,22,29H,1-3H3. The average molecular weight is 412 g/mol. The van der Waals surface area contributed by atoms with Gasteiger partial charge < -0.3 is 5.11 Å². The number of ketones is 1. The largest absolute Gasteiger partial charge is 0.503 e. The summed E-state index contributed by atoms with van der Waals surface area (Å²) in [6.07, 6.45) is 1.73. The zero-order valence-electron chi connectivity index (χ0n) is 17.7. The molecule has 1 unspecified atom stereocenters. The van der Waals surface area contributed by atoms with Crippen molar-refractivity contribution in [2.24, 2.45) is 5.41 Å². The number of hydrogen-bond donors (Lipinski definition) is 1. The van der Waals surface area contributed by atoms with E-state index in [0.29, 0.717) is 5.69 Å². The van der Waals surface area contributed by atoms with Crippen LogP contribution in [0.2, 0.25) is 0 Å². The van der Waals surface area contributed by atoms with Gasteiger partial charge in [-0.15, -0.1) is 0 Å². The molecule has 0 saturated carbocycles. The fraction of sp³-hybridized carbons (Fsp3) is 0.192. The Bertz CT molecular complexity index is 1140. The first kappa shape index (κ1) is 20.5. The molecule has 1 aliphatic heterocycles. The third kappa shape index (κ3) is 3.75. The fourth-order valence-corrected chi connectivity index (χ4v) is 3.78. The van der Waals surface area contributed by atoms with Crippen molar-refractivity contribution >= 4 is 17.4 Å². The Labute approximate surface area is 181 Å². The van der Waals surface area contributed by atoms with Gasteiger partial charge in [0.1, 0.15) is 0 Å². The fourth-order valence-electron chi connectivity index (χ4n) is 3.78. The number of rotatable bonds is 4. The van der Waals surface area contributed by atoms with Crippen molar-refractivity contribution in [2.75, 3.05) is 4.90 Å². The first-order valence-electron chi connectivity index (χ1n) is 10.2. The van der Waals surface area contributed by atoms with Crippen LogP contribution in [0.5, 0.6) is 0 Å². The molecule has 4 rings (SSSR count). The number of anilines is 1. The summed E-state index contributed by atoms with van der Waals surface area (Å²) < 4.78 is 0. The summed E-state index contributed by atoms with van der Waals surface area (Å²) in [7, 11) is 0. The van der Waals surface area contributed by atoms with Crippen LogP contribution in [0.1, 0.15) is 32.4 Å². The second-order valence-corrected chi connectivity index (χ2v) is 8.59. The van der Waals surface area contributed by atoms with Gasteiger partial charge in [0.15, 0.2) is 11.5 Å². The number of carbonyl (C=O) groups is 2. The Balaban J connectivity index is 1.80. The Morgan fingerprint density at radius 2 is 1.58 bits per heavy atom. The smallest absolute Gasteiger partial charge is 0.294 e. The van der Waals surface area contributed by atoms with Gasteiger partial charge >= 0.3 is 0 Å². The molecule has 0 radical (unpaired) electrons. The number of aromatic nitrogens is 1. The maximum absolute atomic E-state index is 13.2. The number of aliphatic hydroxyl groups excluding tert-OH is 1. The molecule has 156 valence electrons. The summed E-state index contributed by atoms with van der Waals surface area (Å²) in [5.74, 6) is -1.31. The van der Waals surface area contributed by atoms with Crippen molar-refractivity contribution in [1.82, 2.24) is 4.98 Å². The molecule has 31 heavy (non-hydrogen) atoms. The van der Waals surface area contributed by atoms with Crippen molar-refractivity contribution in [2.45, 2.75) is 26.8 Å². The number of aliphatic hydroxyl groups is 1. The Hall–Kier alpha value is -3.73. The molecule has 1 atom stereocenters. The van der Waals surface area contributed by atoms with Gasteiger partial charge in [-0.2, -0.15) is 0 Å². The molecule has 5 heteroatoms. The van der Waals surface area contributed by atoms with E-state index < -0.39 is 23.1 Å². The van der Waals surface area contributed by atoms with E-state index in [-0.39, 0.29) is 11.4 Å². The molecule has 2 aromatic carbocycles. The van der Waals surface area contributed by atoms with Crippen LogP contribution >= 0.6 is 0 Å². The molecule has 1 N–H and O–H groups in total. The molecule has 2 heterocycles. The molecule has 0 saturated heterocycles. The molecule has 0 spiro atoms. The molecule has 1 amide bonds. The molecule has 0 aliphatic carbocycles. The molecule has 1 aliphatic rings. The van der Waals surface area contributed by atoms with Gasteiger partial charge in [-0.1, -0.05) is 69.3 Å². The third-order valence-electron chi connectivity index (χ3n) is 5.36. The number of Topliss-reactive ketones (excluding diaryl/α,β-unsaturated/α-hetero) is 1. The van der Waals surface area contributed by atoms with Gasteiger partial charge in [0.25, 0.3) is 5.91 Å². The van der Waals surface area contributed by atoms with Crippen LogP contribution in [0.4, 0.5) is 5.69 Å². The lowest BCUT2D eigenvalue weighted by atomic mass is 9.82. The highest BCUT2D eigenvalue weighted by molar-refractivity contribution is 6.17. The maximum Gasteiger partial charge on any atom is 0.294 e. The minimum atomic E-state index is -0.741. The van der Waals surface area contributed by atoms with Crippen LogP contribution in [0, 0.1) is 5.41 Å². The van der Waals surface area contributed by atoms with Crippen LogP contribution < -0.4 is 4.90 Å². The second-order valence-electron chi connectivity index (χ2n) is 8.59. The molecule has 0 fully saturated rings. The second kappa shape index (κ2) is 7.84. The van der Waals surface area contributed by atoms with Crippen molar-refractivity contribution in [1.29, 1.82) is 0 Å². The monoisotopic (exact) mass is 412 g/mol. The summed E-state index contributed by atoms with van der Waals surface area (Å²) in [5.41, 5.74) is 2.50. The SMILES string of the molecule is CC(C)(C)C(=O)C1=C(O)C(=O)N(c2ccc(-c3ccccn3)cc2)C1c1ccccc1. The van der Waals surface area contributed by atoms with E-state index in [1.54, 1.807) is 27.0 Å². The number of nitrogens with zero attached hydrogens (tertiary/aromatic N) is 2. The van der Waals surface area contributed by atoms with E-state index in [1.165, 1.54) is 4.90 Å². The third-order valence-corrected chi connectivity index (χ3v) is 5.36. The predicted octanol–water partition coefficient (Wildman–Crippen LogP) is 5.26. The van der Waals surface area contributed by atoms with Gasteiger partial charge in [-0.3, -0.25) is 19.5 Å². The number of benzene rings is 2. The zero-order chi connectivity index (χ0) is 22.2. The number of carbonyl (C=O) groups excluding carboxylic acids is 2. The Kier molecular flexibility index (Phi) is 5.19. The lowest BCUT2D eigenvalue weighted by Crippen LogP contribution is -2.32. The first-order chi connectivity index (χ1) is 14.8. The van der Waals surface area contributed by atoms with E-state index >= 15 is 0 Å². The summed E-state index contributed by atoms with van der Waals surface area (Å²) in [6.45, 7) is 5.35. The van der Waals surface area contributed by atoms with Crippen LogP contribution in [0.3, 0.4) is 0 Å². The highest BCUT2D eigenvalue weighted by Crippen LogP contribution is 2.43. The minimum Gasteiger partial charge on any atom is -0.503 e. The quantitative estimate of drug-likeness (QED) is 0.634. The normalized spacial score (nSPS) is 16.7. The van der Waals surface area contributed by atoms with E-state index in [9.17, 15) is 14.7 Å². The highest BCUT2D eigenvalue weighted by atomic mass is 16.3. The van der Waals surface area contributed by atoms with Gasteiger partial charge in [-0.05, 0) is 29.8 Å². The van der Waals surface area contributed by atoms with Gasteiger partial charge in [0.2, 0.25) is 0 Å². The van der Waals surface area contributed by atoms with E-state index in [0.717, 1.165) is 16.8 Å². The molecule has 3 aromatic rings. The zero-order valence-corrected chi connectivity index (χ0v) is 17.7. The summed E-state index contributed by atoms with van der Waals surface area (Å²) in [6, 6.07) is 21.7. The summed E-state index contributed by atoms with van der Waals surface area (Å²) >= 11 is 0. The van der Waals surface area contributed by atoms with Crippen LogP contribution in [0.15, 0.2) is 90.3 Å². The van der Waals surface area contributed by atoms with Gasteiger partial charge in [-0.25, -0.2) is 0 Å². The molecule has 1 aromatic heterocycles. The summed E-state index contributed by atoms with van der Waals surface area (Å²) in [4.78, 5) is 32.2. The van der Waals surface area contributed by atoms with Gasteiger partial charge in [0, 0.05) is 22.9 Å². The lowest BCUT2D eigenvalue weighted by molar-refractivity contribution is -0.123.